The van der Waals surface area contributed by atoms with Crippen molar-refractivity contribution in [3.8, 4) is 11.5 Å². The lowest BCUT2D eigenvalue weighted by Crippen LogP contribution is -2.38. The molecule has 2 aromatic carbocycles. The van der Waals surface area contributed by atoms with Crippen molar-refractivity contribution in [3.63, 3.8) is 0 Å². The van der Waals surface area contributed by atoms with E-state index in [-0.39, 0.29) is 17.1 Å². The van der Waals surface area contributed by atoms with Crippen LogP contribution in [0.25, 0.3) is 11.0 Å². The number of hydrogen-bond donors (Lipinski definition) is 0. The summed E-state index contributed by atoms with van der Waals surface area (Å²) in [5.74, 6) is 1.11. The Kier molecular flexibility index (Phi) is 7.72. The number of benzene rings is 2. The van der Waals surface area contributed by atoms with Crippen LogP contribution >= 0.6 is 0 Å². The number of ether oxygens (including phenoxy) is 3. The molecule has 38 heavy (non-hydrogen) atoms. The quantitative estimate of drug-likeness (QED) is 0.412. The molecule has 8 nitrogen and oxygen atoms in total. The van der Waals surface area contributed by atoms with Crippen molar-refractivity contribution >= 4 is 16.9 Å². The molecule has 1 amide bonds. The Balaban J connectivity index is 1.58. The van der Waals surface area contributed by atoms with Crippen molar-refractivity contribution in [2.24, 2.45) is 0 Å². The van der Waals surface area contributed by atoms with Crippen LogP contribution in [0.4, 0.5) is 0 Å². The maximum Gasteiger partial charge on any atom is 0.290 e. The summed E-state index contributed by atoms with van der Waals surface area (Å²) in [6.07, 6.45) is 0.775. The number of nitrogens with zero attached hydrogens (tertiary/aromatic N) is 2. The highest BCUT2D eigenvalue weighted by Crippen LogP contribution is 2.41. The van der Waals surface area contributed by atoms with Crippen LogP contribution in [0.5, 0.6) is 11.5 Å². The van der Waals surface area contributed by atoms with Gasteiger partial charge in [0.1, 0.15) is 5.58 Å². The van der Waals surface area contributed by atoms with E-state index in [0.29, 0.717) is 47.8 Å². The summed E-state index contributed by atoms with van der Waals surface area (Å²) >= 11 is 0. The normalized spacial score (nSPS) is 17.7. The number of hydrogen-bond acceptors (Lipinski definition) is 7. The number of carbonyl (C=O) groups is 1. The molecule has 1 saturated heterocycles. The number of aryl methyl sites for hydroxylation is 2. The molecule has 5 rings (SSSR count). The van der Waals surface area contributed by atoms with E-state index in [9.17, 15) is 9.59 Å². The number of morpholine rings is 1. The fraction of sp³-hybridized carbons (Fsp3) is 0.467. The molecule has 0 radical (unpaired) electrons. The molecule has 1 aromatic heterocycles. The van der Waals surface area contributed by atoms with Gasteiger partial charge in [-0.05, 0) is 75.1 Å². The average molecular weight is 521 g/mol. The molecule has 0 spiro atoms. The van der Waals surface area contributed by atoms with E-state index in [1.54, 1.807) is 4.90 Å². The Morgan fingerprint density at radius 2 is 1.63 bits per heavy atom. The van der Waals surface area contributed by atoms with Crippen molar-refractivity contribution in [3.05, 3.63) is 68.6 Å². The molecule has 0 saturated carbocycles. The summed E-state index contributed by atoms with van der Waals surface area (Å²) in [5, 5.41) is 0.496. The Labute approximate surface area is 223 Å². The first-order valence-electron chi connectivity index (χ1n) is 13.5. The molecule has 8 heteroatoms. The predicted octanol–water partition coefficient (Wildman–Crippen LogP) is 4.47. The van der Waals surface area contributed by atoms with Gasteiger partial charge in [0.2, 0.25) is 5.76 Å². The summed E-state index contributed by atoms with van der Waals surface area (Å²) in [6.45, 7) is 13.3. The highest BCUT2D eigenvalue weighted by molar-refractivity contribution is 5.99. The molecular formula is C30H36N2O6. The molecule has 202 valence electrons. The maximum absolute atomic E-state index is 13.9. The van der Waals surface area contributed by atoms with Crippen molar-refractivity contribution in [1.82, 2.24) is 9.80 Å². The number of fused-ring (bicyclic) bond motifs is 2. The van der Waals surface area contributed by atoms with Crippen LogP contribution in [0.2, 0.25) is 0 Å². The standard InChI is InChI=1S/C30H36N2O6/c1-5-36-23-9-8-21(18-25(23)37-6-2)27-26-28(33)22-16-19(3)20(4)17-24(22)38-29(26)30(34)32(27)11-7-10-31-12-14-35-15-13-31/h8-9,16-18,27H,5-7,10-15H2,1-4H3. The van der Waals surface area contributed by atoms with Crippen molar-refractivity contribution in [1.29, 1.82) is 0 Å². The van der Waals surface area contributed by atoms with Crippen molar-refractivity contribution in [2.75, 3.05) is 52.6 Å². The molecule has 1 atom stereocenters. The summed E-state index contributed by atoms with van der Waals surface area (Å²) in [5.41, 5.74) is 3.49. The lowest BCUT2D eigenvalue weighted by molar-refractivity contribution is 0.0353. The monoisotopic (exact) mass is 520 g/mol. The second-order valence-corrected chi connectivity index (χ2v) is 9.89. The van der Waals surface area contributed by atoms with Gasteiger partial charge in [0, 0.05) is 26.2 Å². The third-order valence-corrected chi connectivity index (χ3v) is 7.44. The van der Waals surface area contributed by atoms with Gasteiger partial charge in [-0.2, -0.15) is 0 Å². The van der Waals surface area contributed by atoms with Gasteiger partial charge >= 0.3 is 0 Å². The molecule has 2 aliphatic rings. The van der Waals surface area contributed by atoms with Crippen molar-refractivity contribution < 1.29 is 23.4 Å². The largest absolute Gasteiger partial charge is 0.490 e. The minimum absolute atomic E-state index is 0.133. The molecular weight excluding hydrogens is 484 g/mol. The van der Waals surface area contributed by atoms with E-state index in [4.69, 9.17) is 18.6 Å². The first kappa shape index (κ1) is 26.3. The molecule has 0 aliphatic carbocycles. The van der Waals surface area contributed by atoms with Gasteiger partial charge in [0.05, 0.1) is 43.4 Å². The third kappa shape index (κ3) is 4.90. The molecule has 3 aromatic rings. The molecule has 2 aliphatic heterocycles. The zero-order chi connectivity index (χ0) is 26.8. The van der Waals surface area contributed by atoms with Crippen LogP contribution < -0.4 is 14.9 Å². The number of amides is 1. The van der Waals surface area contributed by atoms with Crippen LogP contribution in [0.1, 0.15) is 59.1 Å². The van der Waals surface area contributed by atoms with Gasteiger partial charge < -0.3 is 23.5 Å². The van der Waals surface area contributed by atoms with E-state index in [1.807, 2.05) is 58.0 Å². The van der Waals surface area contributed by atoms with Gasteiger partial charge in [-0.1, -0.05) is 6.07 Å². The lowest BCUT2D eigenvalue weighted by Gasteiger charge is -2.29. The number of rotatable bonds is 9. The Bertz CT molecular complexity index is 1390. The van der Waals surface area contributed by atoms with E-state index in [2.05, 4.69) is 4.90 Å². The zero-order valence-corrected chi connectivity index (χ0v) is 22.7. The first-order chi connectivity index (χ1) is 18.4. The van der Waals surface area contributed by atoms with E-state index in [0.717, 1.165) is 56.0 Å². The fourth-order valence-corrected chi connectivity index (χ4v) is 5.38. The molecule has 1 unspecified atom stereocenters. The lowest BCUT2D eigenvalue weighted by atomic mass is 9.97. The van der Waals surface area contributed by atoms with Crippen molar-refractivity contribution in [2.45, 2.75) is 40.2 Å². The minimum Gasteiger partial charge on any atom is -0.490 e. The Morgan fingerprint density at radius 3 is 2.37 bits per heavy atom. The molecule has 3 heterocycles. The summed E-state index contributed by atoms with van der Waals surface area (Å²) in [7, 11) is 0. The topological polar surface area (TPSA) is 81.5 Å². The second kappa shape index (κ2) is 11.2. The third-order valence-electron chi connectivity index (χ3n) is 7.44. The summed E-state index contributed by atoms with van der Waals surface area (Å²) in [6, 6.07) is 8.80. The molecule has 0 N–H and O–H groups in total. The van der Waals surface area contributed by atoms with Crippen LogP contribution in [0.15, 0.2) is 39.5 Å². The zero-order valence-electron chi connectivity index (χ0n) is 22.7. The second-order valence-electron chi connectivity index (χ2n) is 9.89. The fourth-order valence-electron chi connectivity index (χ4n) is 5.38. The van der Waals surface area contributed by atoms with Gasteiger partial charge in [-0.15, -0.1) is 0 Å². The predicted molar refractivity (Wildman–Crippen MR) is 145 cm³/mol. The number of carbonyl (C=O) groups excluding carboxylic acids is 1. The van der Waals surface area contributed by atoms with Gasteiger partial charge in [-0.25, -0.2) is 0 Å². The average Bonchev–Trinajstić information content (AvgIpc) is 3.19. The highest BCUT2D eigenvalue weighted by atomic mass is 16.5. The summed E-state index contributed by atoms with van der Waals surface area (Å²) < 4.78 is 23.3. The highest BCUT2D eigenvalue weighted by Gasteiger charge is 2.42. The Hall–Kier alpha value is -3.36. The van der Waals surface area contributed by atoms with E-state index in [1.165, 1.54) is 0 Å². The molecule has 1 fully saturated rings. The smallest absolute Gasteiger partial charge is 0.290 e. The van der Waals surface area contributed by atoms with Crippen LogP contribution in [-0.2, 0) is 4.74 Å². The van der Waals surface area contributed by atoms with Gasteiger partial charge in [-0.3, -0.25) is 14.5 Å². The Morgan fingerprint density at radius 1 is 0.921 bits per heavy atom. The SMILES string of the molecule is CCOc1ccc(C2c3c(oc4cc(C)c(C)cc4c3=O)C(=O)N2CCCN2CCOCC2)cc1OCC. The van der Waals surface area contributed by atoms with E-state index < -0.39 is 6.04 Å². The van der Waals surface area contributed by atoms with Gasteiger partial charge in [0.15, 0.2) is 16.9 Å². The van der Waals surface area contributed by atoms with Crippen LogP contribution in [0, 0.1) is 13.8 Å². The van der Waals surface area contributed by atoms with Crippen LogP contribution in [0.3, 0.4) is 0 Å². The maximum atomic E-state index is 13.9. The summed E-state index contributed by atoms with van der Waals surface area (Å²) in [4.78, 5) is 31.9. The minimum atomic E-state index is -0.570. The first-order valence-corrected chi connectivity index (χ1v) is 13.5. The van der Waals surface area contributed by atoms with E-state index >= 15 is 0 Å². The van der Waals surface area contributed by atoms with Crippen LogP contribution in [-0.4, -0.2) is 68.3 Å². The molecule has 0 bridgehead atoms. The van der Waals surface area contributed by atoms with Gasteiger partial charge in [0.25, 0.3) is 5.91 Å².